The van der Waals surface area contributed by atoms with Crippen LogP contribution in [0.5, 0.6) is 0 Å². The van der Waals surface area contributed by atoms with Crippen LogP contribution in [-0.4, -0.2) is 11.3 Å². The third kappa shape index (κ3) is 2.33. The number of rotatable bonds is 3. The largest absolute Gasteiger partial charge is 0.398 e. The zero-order valence-corrected chi connectivity index (χ0v) is 9.68. The minimum absolute atomic E-state index is 0.437. The quantitative estimate of drug-likeness (QED) is 0.646. The van der Waals surface area contributed by atoms with Gasteiger partial charge in [-0.2, -0.15) is 0 Å². The maximum atomic E-state index is 10.5. The number of anilines is 1. The molecule has 1 aromatic carbocycles. The first-order chi connectivity index (χ1) is 8.24. The molecule has 0 amide bonds. The molecule has 3 nitrogen and oxygen atoms in total. The minimum Gasteiger partial charge on any atom is -0.398 e. The second kappa shape index (κ2) is 4.78. The second-order valence-corrected chi connectivity index (χ2v) is 3.86. The van der Waals surface area contributed by atoms with Crippen LogP contribution in [0.1, 0.15) is 23.0 Å². The van der Waals surface area contributed by atoms with Gasteiger partial charge >= 0.3 is 0 Å². The van der Waals surface area contributed by atoms with Crippen LogP contribution in [0.2, 0.25) is 0 Å². The lowest BCUT2D eigenvalue weighted by molar-refractivity contribution is 0.111. The van der Waals surface area contributed by atoms with E-state index in [-0.39, 0.29) is 0 Å². The van der Waals surface area contributed by atoms with Crippen molar-refractivity contribution < 1.29 is 4.79 Å². The van der Waals surface area contributed by atoms with Crippen molar-refractivity contribution in [2.45, 2.75) is 13.3 Å². The van der Waals surface area contributed by atoms with Crippen LogP contribution in [-0.2, 0) is 6.42 Å². The molecule has 2 rings (SSSR count). The first-order valence-corrected chi connectivity index (χ1v) is 5.54. The van der Waals surface area contributed by atoms with E-state index in [1.165, 1.54) is 0 Å². The summed E-state index contributed by atoms with van der Waals surface area (Å²) >= 11 is 0. The SMILES string of the molecule is CCc1ccc(-c2ccc(C=O)nc2)cc1N. The van der Waals surface area contributed by atoms with Crippen LogP contribution in [0.3, 0.4) is 0 Å². The van der Waals surface area contributed by atoms with Crippen LogP contribution in [0.15, 0.2) is 36.5 Å². The van der Waals surface area contributed by atoms with Crippen molar-refractivity contribution in [1.82, 2.24) is 4.98 Å². The second-order valence-electron chi connectivity index (χ2n) is 3.86. The van der Waals surface area contributed by atoms with Gasteiger partial charge in [0.25, 0.3) is 0 Å². The van der Waals surface area contributed by atoms with Gasteiger partial charge in [-0.15, -0.1) is 0 Å². The molecule has 0 saturated carbocycles. The number of hydrogen-bond acceptors (Lipinski definition) is 3. The van der Waals surface area contributed by atoms with Gasteiger partial charge in [0.1, 0.15) is 5.69 Å². The van der Waals surface area contributed by atoms with Gasteiger partial charge in [-0.1, -0.05) is 25.1 Å². The number of carbonyl (C=O) groups excluding carboxylic acids is 1. The molecule has 3 heteroatoms. The summed E-state index contributed by atoms with van der Waals surface area (Å²) in [6.45, 7) is 2.08. The molecule has 0 radical (unpaired) electrons. The van der Waals surface area contributed by atoms with Crippen LogP contribution in [0, 0.1) is 0 Å². The molecule has 2 aromatic rings. The van der Waals surface area contributed by atoms with E-state index in [4.69, 9.17) is 5.73 Å². The molecule has 0 saturated heterocycles. The molecule has 86 valence electrons. The number of carbonyl (C=O) groups is 1. The number of aldehydes is 1. The number of benzene rings is 1. The third-order valence-corrected chi connectivity index (χ3v) is 2.77. The van der Waals surface area contributed by atoms with Crippen molar-refractivity contribution in [2.24, 2.45) is 0 Å². The number of nitrogen functional groups attached to an aromatic ring is 1. The molecule has 1 heterocycles. The number of hydrogen-bond donors (Lipinski definition) is 1. The summed E-state index contributed by atoms with van der Waals surface area (Å²) in [5, 5.41) is 0. The molecule has 0 fully saturated rings. The topological polar surface area (TPSA) is 56.0 Å². The third-order valence-electron chi connectivity index (χ3n) is 2.77. The summed E-state index contributed by atoms with van der Waals surface area (Å²) in [5.41, 5.74) is 10.3. The molecule has 0 aliphatic rings. The molecule has 0 spiro atoms. The average Bonchev–Trinajstić information content (AvgIpc) is 2.39. The standard InChI is InChI=1S/C14H14N2O/c1-2-10-3-4-11(7-14(10)15)12-5-6-13(9-17)16-8-12/h3-9H,2,15H2,1H3. The number of aryl methyl sites for hydroxylation is 1. The smallest absolute Gasteiger partial charge is 0.168 e. The van der Waals surface area contributed by atoms with Crippen molar-refractivity contribution >= 4 is 12.0 Å². The molecular formula is C14H14N2O. The highest BCUT2D eigenvalue weighted by molar-refractivity contribution is 5.74. The predicted octanol–water partition coefficient (Wildman–Crippen LogP) is 2.71. The average molecular weight is 226 g/mol. The Kier molecular flexibility index (Phi) is 3.19. The van der Waals surface area contributed by atoms with Crippen LogP contribution in [0.25, 0.3) is 11.1 Å². The lowest BCUT2D eigenvalue weighted by Crippen LogP contribution is -1.93. The van der Waals surface area contributed by atoms with E-state index in [9.17, 15) is 4.79 Å². The highest BCUT2D eigenvalue weighted by atomic mass is 16.1. The molecule has 0 unspecified atom stereocenters. The zero-order valence-electron chi connectivity index (χ0n) is 9.68. The maximum absolute atomic E-state index is 10.5. The number of nitrogens with zero attached hydrogens (tertiary/aromatic N) is 1. The van der Waals surface area contributed by atoms with Crippen molar-refractivity contribution in [3.63, 3.8) is 0 Å². The minimum atomic E-state index is 0.437. The summed E-state index contributed by atoms with van der Waals surface area (Å²) < 4.78 is 0. The Morgan fingerprint density at radius 2 is 2.00 bits per heavy atom. The van der Waals surface area contributed by atoms with Gasteiger partial charge in [0.2, 0.25) is 0 Å². The van der Waals surface area contributed by atoms with E-state index >= 15 is 0 Å². The summed E-state index contributed by atoms with van der Waals surface area (Å²) in [7, 11) is 0. The monoisotopic (exact) mass is 226 g/mol. The number of aromatic nitrogens is 1. The van der Waals surface area contributed by atoms with Gasteiger partial charge in [0.15, 0.2) is 6.29 Å². The van der Waals surface area contributed by atoms with Gasteiger partial charge in [-0.05, 0) is 29.7 Å². The van der Waals surface area contributed by atoms with E-state index < -0.39 is 0 Å². The van der Waals surface area contributed by atoms with E-state index in [2.05, 4.69) is 11.9 Å². The summed E-state index contributed by atoms with van der Waals surface area (Å²) in [6, 6.07) is 9.56. The molecule has 2 N–H and O–H groups in total. The molecular weight excluding hydrogens is 212 g/mol. The molecule has 17 heavy (non-hydrogen) atoms. The van der Waals surface area contributed by atoms with E-state index in [0.29, 0.717) is 5.69 Å². The molecule has 0 aliphatic heterocycles. The Hall–Kier alpha value is -2.16. The van der Waals surface area contributed by atoms with Crippen molar-refractivity contribution in [1.29, 1.82) is 0 Å². The highest BCUT2D eigenvalue weighted by Crippen LogP contribution is 2.23. The lowest BCUT2D eigenvalue weighted by Gasteiger charge is -2.06. The van der Waals surface area contributed by atoms with E-state index in [1.54, 1.807) is 12.3 Å². The Bertz CT molecular complexity index is 532. The zero-order chi connectivity index (χ0) is 12.3. The Labute approximate surface area is 100 Å². The number of nitrogens with two attached hydrogens (primary N) is 1. The van der Waals surface area contributed by atoms with Crippen molar-refractivity contribution in [3.05, 3.63) is 47.8 Å². The van der Waals surface area contributed by atoms with Gasteiger partial charge in [-0.3, -0.25) is 9.78 Å². The summed E-state index contributed by atoms with van der Waals surface area (Å²) in [5.74, 6) is 0. The predicted molar refractivity (Wildman–Crippen MR) is 68.9 cm³/mol. The summed E-state index contributed by atoms with van der Waals surface area (Å²) in [6.07, 6.45) is 3.34. The highest BCUT2D eigenvalue weighted by Gasteiger charge is 2.02. The molecule has 0 atom stereocenters. The van der Waals surface area contributed by atoms with E-state index in [0.717, 1.165) is 35.1 Å². The Balaban J connectivity index is 2.38. The Morgan fingerprint density at radius 1 is 1.24 bits per heavy atom. The fraction of sp³-hybridized carbons (Fsp3) is 0.143. The van der Waals surface area contributed by atoms with Crippen LogP contribution < -0.4 is 5.73 Å². The fourth-order valence-corrected chi connectivity index (χ4v) is 1.74. The first-order valence-electron chi connectivity index (χ1n) is 5.54. The maximum Gasteiger partial charge on any atom is 0.168 e. The molecule has 0 bridgehead atoms. The van der Waals surface area contributed by atoms with Gasteiger partial charge in [0.05, 0.1) is 0 Å². The van der Waals surface area contributed by atoms with Gasteiger partial charge in [-0.25, -0.2) is 0 Å². The van der Waals surface area contributed by atoms with Crippen LogP contribution >= 0.6 is 0 Å². The molecule has 0 aliphatic carbocycles. The Morgan fingerprint density at radius 3 is 2.53 bits per heavy atom. The first kappa shape index (κ1) is 11.3. The lowest BCUT2D eigenvalue weighted by atomic mass is 10.0. The fourth-order valence-electron chi connectivity index (χ4n) is 1.74. The number of pyridine rings is 1. The van der Waals surface area contributed by atoms with Crippen molar-refractivity contribution in [2.75, 3.05) is 5.73 Å². The normalized spacial score (nSPS) is 10.2. The van der Waals surface area contributed by atoms with Crippen molar-refractivity contribution in [3.8, 4) is 11.1 Å². The summed E-state index contributed by atoms with van der Waals surface area (Å²) in [4.78, 5) is 14.5. The van der Waals surface area contributed by atoms with Crippen LogP contribution in [0.4, 0.5) is 5.69 Å². The van der Waals surface area contributed by atoms with Gasteiger partial charge in [0, 0.05) is 17.4 Å². The molecule has 1 aromatic heterocycles. The van der Waals surface area contributed by atoms with E-state index in [1.807, 2.05) is 24.3 Å². The van der Waals surface area contributed by atoms with Gasteiger partial charge < -0.3 is 5.73 Å².